The second kappa shape index (κ2) is 4.66. The van der Waals surface area contributed by atoms with Gasteiger partial charge in [0.05, 0.1) is 7.11 Å². The Kier molecular flexibility index (Phi) is 4.58. The lowest BCUT2D eigenvalue weighted by atomic mass is 10.4. The molecule has 0 saturated heterocycles. The van der Waals surface area contributed by atoms with Crippen molar-refractivity contribution in [1.29, 1.82) is 0 Å². The van der Waals surface area contributed by atoms with Crippen molar-refractivity contribution in [2.45, 2.75) is 9.78 Å². The first-order valence-electron chi connectivity index (χ1n) is 2.50. The van der Waals surface area contributed by atoms with E-state index in [0.29, 0.717) is 0 Å². The molecule has 0 rings (SSSR count). The van der Waals surface area contributed by atoms with Gasteiger partial charge >= 0.3 is 5.97 Å². The van der Waals surface area contributed by atoms with Crippen LogP contribution in [0.4, 0.5) is 0 Å². The molecule has 0 aliphatic heterocycles. The first kappa shape index (κ1) is 10.8. The van der Waals surface area contributed by atoms with E-state index in [4.69, 9.17) is 0 Å². The van der Waals surface area contributed by atoms with Gasteiger partial charge in [0, 0.05) is 4.92 Å². The Labute approximate surface area is 79.5 Å². The van der Waals surface area contributed by atoms with Crippen molar-refractivity contribution in [2.75, 3.05) is 7.11 Å². The normalized spacial score (nSPS) is 15.2. The molecule has 2 atom stereocenters. The Hall–Kier alpha value is -0.170. The van der Waals surface area contributed by atoms with Crippen molar-refractivity contribution in [2.24, 2.45) is 0 Å². The van der Waals surface area contributed by atoms with Gasteiger partial charge < -0.3 is 4.74 Å². The predicted molar refractivity (Wildman–Crippen MR) is 44.4 cm³/mol. The van der Waals surface area contributed by atoms with Crippen LogP contribution < -0.4 is 0 Å². The van der Waals surface area contributed by atoms with Crippen molar-refractivity contribution in [3.05, 3.63) is 10.1 Å². The molecule has 0 saturated carbocycles. The molecular weight excluding hydrogens is 286 g/mol. The highest BCUT2D eigenvalue weighted by Gasteiger charge is 2.33. The molecule has 0 amide bonds. The van der Waals surface area contributed by atoms with Crippen molar-refractivity contribution in [1.82, 2.24) is 0 Å². The van der Waals surface area contributed by atoms with E-state index in [9.17, 15) is 14.9 Å². The molecule has 0 aromatic rings. The van der Waals surface area contributed by atoms with Gasteiger partial charge in [0.15, 0.2) is 4.83 Å². The van der Waals surface area contributed by atoms with E-state index in [1.807, 2.05) is 0 Å². The fourth-order valence-electron chi connectivity index (χ4n) is 0.332. The Morgan fingerprint density at radius 1 is 1.64 bits per heavy atom. The Morgan fingerprint density at radius 3 is 2.36 bits per heavy atom. The minimum atomic E-state index is -1.16. The van der Waals surface area contributed by atoms with E-state index >= 15 is 0 Å². The quantitative estimate of drug-likeness (QED) is 0.255. The van der Waals surface area contributed by atoms with Crippen LogP contribution in [0.25, 0.3) is 0 Å². The fraction of sp³-hybridized carbons (Fsp3) is 0.750. The zero-order chi connectivity index (χ0) is 9.02. The Bertz CT molecular complexity index is 173. The first-order valence-corrected chi connectivity index (χ1v) is 4.33. The minimum Gasteiger partial charge on any atom is -0.468 e. The van der Waals surface area contributed by atoms with E-state index in [1.54, 1.807) is 0 Å². The second-order valence-electron chi connectivity index (χ2n) is 1.58. The summed E-state index contributed by atoms with van der Waals surface area (Å²) in [6, 6.07) is 0. The van der Waals surface area contributed by atoms with Crippen LogP contribution in [0.2, 0.25) is 0 Å². The molecule has 7 heteroatoms. The zero-order valence-corrected chi connectivity index (χ0v) is 8.66. The minimum absolute atomic E-state index is 0.629. The number of hydrogen-bond donors (Lipinski definition) is 0. The summed E-state index contributed by atoms with van der Waals surface area (Å²) in [5.74, 6) is -0.677. The third-order valence-electron chi connectivity index (χ3n) is 0.869. The number of hydrogen-bond acceptors (Lipinski definition) is 4. The largest absolute Gasteiger partial charge is 0.468 e. The molecule has 0 heterocycles. The van der Waals surface area contributed by atoms with E-state index in [1.165, 1.54) is 0 Å². The third-order valence-corrected chi connectivity index (χ3v) is 3.32. The van der Waals surface area contributed by atoms with Crippen LogP contribution in [0.15, 0.2) is 0 Å². The van der Waals surface area contributed by atoms with Crippen LogP contribution in [0.5, 0.6) is 0 Å². The summed E-state index contributed by atoms with van der Waals surface area (Å²) in [6.45, 7) is 0. The van der Waals surface area contributed by atoms with E-state index < -0.39 is 20.7 Å². The van der Waals surface area contributed by atoms with Gasteiger partial charge in [-0.15, -0.1) is 0 Å². The summed E-state index contributed by atoms with van der Waals surface area (Å²) in [5.41, 5.74) is 0. The number of nitro groups is 1. The molecule has 0 bridgehead atoms. The van der Waals surface area contributed by atoms with Gasteiger partial charge in [0.1, 0.15) is 0 Å². The summed E-state index contributed by atoms with van der Waals surface area (Å²) in [7, 11) is 1.16. The van der Waals surface area contributed by atoms with Crippen LogP contribution in [0, 0.1) is 10.1 Å². The van der Waals surface area contributed by atoms with E-state index in [2.05, 4.69) is 36.6 Å². The van der Waals surface area contributed by atoms with E-state index in [-0.39, 0.29) is 0 Å². The number of carbonyl (C=O) groups is 1. The van der Waals surface area contributed by atoms with Gasteiger partial charge in [0.25, 0.3) is 4.95 Å². The predicted octanol–water partition coefficient (Wildman–Crippen LogP) is 0.921. The lowest BCUT2D eigenvalue weighted by molar-refractivity contribution is -0.490. The number of methoxy groups -OCH3 is 1. The van der Waals surface area contributed by atoms with Crippen molar-refractivity contribution >= 4 is 37.8 Å². The highest BCUT2D eigenvalue weighted by atomic mass is 79.9. The van der Waals surface area contributed by atoms with Crippen LogP contribution in [0.3, 0.4) is 0 Å². The number of alkyl halides is 2. The van der Waals surface area contributed by atoms with Crippen molar-refractivity contribution < 1.29 is 14.5 Å². The first-order chi connectivity index (χ1) is 5.00. The lowest BCUT2D eigenvalue weighted by Crippen LogP contribution is -2.31. The van der Waals surface area contributed by atoms with Crippen LogP contribution in [-0.4, -0.2) is 27.8 Å². The van der Waals surface area contributed by atoms with Gasteiger partial charge in [-0.25, -0.2) is 0 Å². The molecule has 5 nitrogen and oxygen atoms in total. The molecule has 0 aliphatic rings. The summed E-state index contributed by atoms with van der Waals surface area (Å²) in [6.07, 6.45) is 0. The van der Waals surface area contributed by atoms with Crippen LogP contribution in [-0.2, 0) is 9.53 Å². The summed E-state index contributed by atoms with van der Waals surface area (Å²) in [4.78, 5) is 18.0. The van der Waals surface area contributed by atoms with Gasteiger partial charge in [-0.3, -0.25) is 14.9 Å². The molecule has 0 spiro atoms. The molecule has 2 unspecified atom stereocenters. The summed E-state index contributed by atoms with van der Waals surface area (Å²) < 4.78 is 4.26. The molecule has 11 heavy (non-hydrogen) atoms. The molecule has 0 radical (unpaired) electrons. The van der Waals surface area contributed by atoms with E-state index in [0.717, 1.165) is 7.11 Å². The Morgan fingerprint density at radius 2 is 2.09 bits per heavy atom. The Balaban J connectivity index is 4.12. The lowest BCUT2D eigenvalue weighted by Gasteiger charge is -2.06. The van der Waals surface area contributed by atoms with Crippen LogP contribution >= 0.6 is 31.9 Å². The van der Waals surface area contributed by atoms with Crippen molar-refractivity contribution in [3.63, 3.8) is 0 Å². The number of carbonyl (C=O) groups excluding carboxylic acids is 1. The smallest absolute Gasteiger partial charge is 0.327 e. The topological polar surface area (TPSA) is 69.4 Å². The maximum Gasteiger partial charge on any atom is 0.327 e. The van der Waals surface area contributed by atoms with Gasteiger partial charge in [0.2, 0.25) is 0 Å². The molecule has 0 aliphatic carbocycles. The van der Waals surface area contributed by atoms with Gasteiger partial charge in [-0.2, -0.15) is 0 Å². The molecular formula is C4H5Br2NO4. The number of rotatable bonds is 3. The number of halogens is 2. The number of nitrogens with zero attached hydrogens (tertiary/aromatic N) is 1. The standard InChI is InChI=1S/C4H5Br2NO4/c1-11-4(8)2(5)3(6)7(9)10/h2-3H,1H3. The third kappa shape index (κ3) is 3.15. The highest BCUT2D eigenvalue weighted by molar-refractivity contribution is 9.12. The highest BCUT2D eigenvalue weighted by Crippen LogP contribution is 2.15. The fourth-order valence-corrected chi connectivity index (χ4v) is 0.928. The van der Waals surface area contributed by atoms with Crippen LogP contribution in [0.1, 0.15) is 0 Å². The summed E-state index contributed by atoms with van der Waals surface area (Å²) in [5, 5.41) is 10.1. The van der Waals surface area contributed by atoms with Gasteiger partial charge in [-0.05, 0) is 15.9 Å². The number of esters is 1. The number of ether oxygens (including phenoxy) is 1. The zero-order valence-electron chi connectivity index (χ0n) is 5.49. The molecule has 0 aromatic heterocycles. The average Bonchev–Trinajstić information content (AvgIpc) is 2.00. The van der Waals surface area contributed by atoms with Gasteiger partial charge in [-0.1, -0.05) is 15.9 Å². The second-order valence-corrected chi connectivity index (χ2v) is 3.51. The molecule has 64 valence electrons. The van der Waals surface area contributed by atoms with Crippen molar-refractivity contribution in [3.8, 4) is 0 Å². The monoisotopic (exact) mass is 289 g/mol. The molecule has 0 N–H and O–H groups in total. The summed E-state index contributed by atoms with van der Waals surface area (Å²) >= 11 is 5.51. The average molecular weight is 291 g/mol. The molecule has 0 fully saturated rings. The maximum atomic E-state index is 10.7. The maximum absolute atomic E-state index is 10.7. The molecule has 0 aromatic carbocycles. The SMILES string of the molecule is COC(=O)C(Br)C(Br)[N+](=O)[O-].